The molecule has 0 fully saturated rings. The molecule has 17 heavy (non-hydrogen) atoms. The van der Waals surface area contributed by atoms with E-state index in [1.807, 2.05) is 7.11 Å². The van der Waals surface area contributed by atoms with Gasteiger partial charge in [0.25, 0.3) is 0 Å². The molecule has 0 N–H and O–H groups in total. The molecule has 2 heteroatoms. The Balaban J connectivity index is 4.57. The number of rotatable bonds is 8. The van der Waals surface area contributed by atoms with Crippen LogP contribution in [0.15, 0.2) is 0 Å². The van der Waals surface area contributed by atoms with Crippen molar-refractivity contribution in [2.45, 2.75) is 66.6 Å². The quantitative estimate of drug-likeness (QED) is 0.545. The molecule has 0 aliphatic heterocycles. The van der Waals surface area contributed by atoms with Gasteiger partial charge in [0.15, 0.2) is 8.32 Å². The van der Waals surface area contributed by atoms with Crippen molar-refractivity contribution >= 4 is 8.32 Å². The van der Waals surface area contributed by atoms with Crippen molar-refractivity contribution in [3.8, 4) is 0 Å². The van der Waals surface area contributed by atoms with Crippen molar-refractivity contribution in [2.24, 2.45) is 23.7 Å². The molecular weight excluding hydrogens is 224 g/mol. The van der Waals surface area contributed by atoms with E-state index >= 15 is 0 Å². The molecule has 0 aromatic heterocycles. The second-order valence-corrected chi connectivity index (χ2v) is 11.2. The molecule has 2 unspecified atom stereocenters. The summed E-state index contributed by atoms with van der Waals surface area (Å²) in [6, 6.07) is 2.63. The van der Waals surface area contributed by atoms with Crippen molar-refractivity contribution in [3.05, 3.63) is 0 Å². The zero-order chi connectivity index (χ0) is 13.6. The fourth-order valence-corrected chi connectivity index (χ4v) is 6.84. The van der Waals surface area contributed by atoms with Gasteiger partial charge in [-0.25, -0.2) is 0 Å². The summed E-state index contributed by atoms with van der Waals surface area (Å²) in [6.07, 6.45) is 1.35. The molecule has 0 amide bonds. The molecule has 2 atom stereocenters. The summed E-state index contributed by atoms with van der Waals surface area (Å²) in [6.45, 7) is 16.5. The summed E-state index contributed by atoms with van der Waals surface area (Å²) in [7, 11) is 0.453. The average Bonchev–Trinajstić information content (AvgIpc) is 2.14. The maximum atomic E-state index is 5.95. The highest BCUT2D eigenvalue weighted by Gasteiger charge is 2.33. The van der Waals surface area contributed by atoms with Gasteiger partial charge in [-0.05, 0) is 48.7 Å². The van der Waals surface area contributed by atoms with Crippen LogP contribution in [0.4, 0.5) is 0 Å². The largest absolute Gasteiger partial charge is 0.420 e. The Morgan fingerprint density at radius 2 is 1.41 bits per heavy atom. The zero-order valence-electron chi connectivity index (χ0n) is 13.3. The van der Waals surface area contributed by atoms with E-state index < -0.39 is 8.32 Å². The molecule has 0 heterocycles. The Kier molecular flexibility index (Phi) is 7.66. The standard InChI is InChI=1S/C15H34OSi/c1-12(2)9-15(14(5)6)11-17(8,16-7)10-13(3)4/h12-15H,9-11H2,1-8H3. The van der Waals surface area contributed by atoms with E-state index in [0.717, 1.165) is 23.7 Å². The predicted molar refractivity (Wildman–Crippen MR) is 80.9 cm³/mol. The lowest BCUT2D eigenvalue weighted by Gasteiger charge is -2.34. The minimum atomic E-state index is -1.48. The van der Waals surface area contributed by atoms with Gasteiger partial charge in [-0.1, -0.05) is 41.5 Å². The van der Waals surface area contributed by atoms with E-state index in [0.29, 0.717) is 0 Å². The lowest BCUT2D eigenvalue weighted by Crippen LogP contribution is -2.38. The minimum absolute atomic E-state index is 0.762. The molecule has 1 nitrogen and oxygen atoms in total. The van der Waals surface area contributed by atoms with Crippen molar-refractivity contribution < 1.29 is 4.43 Å². The lowest BCUT2D eigenvalue weighted by atomic mass is 9.89. The van der Waals surface area contributed by atoms with Gasteiger partial charge in [-0.2, -0.15) is 0 Å². The summed E-state index contributed by atoms with van der Waals surface area (Å²) in [5.41, 5.74) is 0. The third-order valence-corrected chi connectivity index (χ3v) is 7.80. The topological polar surface area (TPSA) is 9.23 Å². The molecule has 0 rings (SSSR count). The van der Waals surface area contributed by atoms with Crippen molar-refractivity contribution in [3.63, 3.8) is 0 Å². The van der Waals surface area contributed by atoms with E-state index in [2.05, 4.69) is 48.1 Å². The number of hydrogen-bond acceptors (Lipinski definition) is 1. The molecule has 0 aromatic rings. The normalized spacial score (nSPS) is 17.8. The van der Waals surface area contributed by atoms with Gasteiger partial charge in [0.1, 0.15) is 0 Å². The highest BCUT2D eigenvalue weighted by Crippen LogP contribution is 2.33. The molecule has 0 spiro atoms. The van der Waals surface area contributed by atoms with E-state index in [9.17, 15) is 0 Å². The van der Waals surface area contributed by atoms with Crippen molar-refractivity contribution in [2.75, 3.05) is 7.11 Å². The SMILES string of the molecule is CO[Si](C)(CC(C)C)CC(CC(C)C)C(C)C. The molecule has 0 aliphatic carbocycles. The fraction of sp³-hybridized carbons (Fsp3) is 1.00. The summed E-state index contributed by atoms with van der Waals surface area (Å²) >= 11 is 0. The molecule has 0 aliphatic rings. The molecule has 104 valence electrons. The van der Waals surface area contributed by atoms with E-state index in [1.54, 1.807) is 0 Å². The molecular formula is C15H34OSi. The van der Waals surface area contributed by atoms with Crippen LogP contribution in [0.5, 0.6) is 0 Å². The zero-order valence-corrected chi connectivity index (χ0v) is 14.3. The van der Waals surface area contributed by atoms with Crippen LogP contribution in [-0.4, -0.2) is 15.4 Å². The molecule has 0 radical (unpaired) electrons. The fourth-order valence-electron chi connectivity index (χ4n) is 2.86. The van der Waals surface area contributed by atoms with Crippen LogP contribution < -0.4 is 0 Å². The summed E-state index contributed by atoms with van der Waals surface area (Å²) in [5, 5.41) is 0. The first-order valence-electron chi connectivity index (χ1n) is 7.25. The lowest BCUT2D eigenvalue weighted by molar-refractivity contribution is 0.312. The van der Waals surface area contributed by atoms with Crippen LogP contribution in [-0.2, 0) is 4.43 Å². The van der Waals surface area contributed by atoms with Crippen LogP contribution >= 0.6 is 0 Å². The van der Waals surface area contributed by atoms with Gasteiger partial charge >= 0.3 is 0 Å². The maximum Gasteiger partial charge on any atom is 0.189 e. The van der Waals surface area contributed by atoms with Gasteiger partial charge in [-0.3, -0.25) is 0 Å². The third kappa shape index (κ3) is 7.25. The van der Waals surface area contributed by atoms with Gasteiger partial charge in [0.05, 0.1) is 0 Å². The smallest absolute Gasteiger partial charge is 0.189 e. The summed E-state index contributed by atoms with van der Waals surface area (Å²) in [4.78, 5) is 0. The first-order chi connectivity index (χ1) is 7.70. The Bertz CT molecular complexity index is 201. The van der Waals surface area contributed by atoms with Crippen molar-refractivity contribution in [1.29, 1.82) is 0 Å². The van der Waals surface area contributed by atoms with Crippen LogP contribution in [0, 0.1) is 23.7 Å². The van der Waals surface area contributed by atoms with E-state index in [-0.39, 0.29) is 0 Å². The maximum absolute atomic E-state index is 5.95. The second-order valence-electron chi connectivity index (χ2n) is 7.09. The summed E-state index contributed by atoms with van der Waals surface area (Å²) in [5.74, 6) is 3.19. The first kappa shape index (κ1) is 17.2. The number of hydrogen-bond donors (Lipinski definition) is 0. The van der Waals surface area contributed by atoms with Crippen LogP contribution in [0.25, 0.3) is 0 Å². The minimum Gasteiger partial charge on any atom is -0.420 e. The first-order valence-corrected chi connectivity index (χ1v) is 10.1. The molecule has 0 aromatic carbocycles. The van der Waals surface area contributed by atoms with Crippen LogP contribution in [0.3, 0.4) is 0 Å². The molecule has 0 bridgehead atoms. The monoisotopic (exact) mass is 258 g/mol. The van der Waals surface area contributed by atoms with Gasteiger partial charge in [0.2, 0.25) is 0 Å². The Labute approximate surface area is 110 Å². The molecule has 0 saturated carbocycles. The van der Waals surface area contributed by atoms with Crippen LogP contribution in [0.1, 0.15) is 48.0 Å². The van der Waals surface area contributed by atoms with E-state index in [1.165, 1.54) is 18.5 Å². The van der Waals surface area contributed by atoms with Gasteiger partial charge in [0, 0.05) is 7.11 Å². The Morgan fingerprint density at radius 1 is 0.882 bits per heavy atom. The van der Waals surface area contributed by atoms with Crippen molar-refractivity contribution in [1.82, 2.24) is 0 Å². The highest BCUT2D eigenvalue weighted by atomic mass is 28.4. The predicted octanol–water partition coefficient (Wildman–Crippen LogP) is 5.18. The van der Waals surface area contributed by atoms with Crippen LogP contribution in [0.2, 0.25) is 18.6 Å². The second kappa shape index (κ2) is 7.58. The Hall–Kier alpha value is 0.177. The van der Waals surface area contributed by atoms with E-state index in [4.69, 9.17) is 4.43 Å². The average molecular weight is 259 g/mol. The third-order valence-electron chi connectivity index (χ3n) is 3.74. The summed E-state index contributed by atoms with van der Waals surface area (Å²) < 4.78 is 5.95. The van der Waals surface area contributed by atoms with Gasteiger partial charge in [-0.15, -0.1) is 0 Å². The Morgan fingerprint density at radius 3 is 1.71 bits per heavy atom. The molecule has 0 saturated heterocycles. The highest BCUT2D eigenvalue weighted by molar-refractivity contribution is 6.72. The van der Waals surface area contributed by atoms with Gasteiger partial charge < -0.3 is 4.43 Å².